The van der Waals surface area contributed by atoms with Gasteiger partial charge >= 0.3 is 0 Å². The van der Waals surface area contributed by atoms with Gasteiger partial charge in [-0.1, -0.05) is 59.8 Å². The van der Waals surface area contributed by atoms with Crippen molar-refractivity contribution in [1.82, 2.24) is 9.66 Å². The van der Waals surface area contributed by atoms with Gasteiger partial charge in [-0.3, -0.25) is 4.79 Å². The van der Waals surface area contributed by atoms with E-state index in [2.05, 4.69) is 10.3 Å². The summed E-state index contributed by atoms with van der Waals surface area (Å²) in [4.78, 5) is 16.6. The maximum atomic E-state index is 12.1. The fourth-order valence-corrected chi connectivity index (χ4v) is 3.11. The quantitative estimate of drug-likeness (QED) is 0.525. The SMILES string of the molecule is Cc1ccc(NC(=O)CSc2nc(-c3ccccc3)cn2N)cc1Cl. The fourth-order valence-electron chi connectivity index (χ4n) is 2.23. The summed E-state index contributed by atoms with van der Waals surface area (Å²) in [6, 6.07) is 15.2. The third-order valence-corrected chi connectivity index (χ3v) is 4.93. The molecule has 0 saturated heterocycles. The molecule has 0 bridgehead atoms. The van der Waals surface area contributed by atoms with E-state index >= 15 is 0 Å². The van der Waals surface area contributed by atoms with Crippen molar-refractivity contribution in [3.8, 4) is 11.3 Å². The highest BCUT2D eigenvalue weighted by Gasteiger charge is 2.11. The van der Waals surface area contributed by atoms with E-state index in [0.717, 1.165) is 16.8 Å². The van der Waals surface area contributed by atoms with Crippen molar-refractivity contribution in [3.05, 3.63) is 65.3 Å². The molecule has 128 valence electrons. The standard InChI is InChI=1S/C18H17ClN4OS/c1-12-7-8-14(9-15(12)19)21-17(24)11-25-18-22-16(10-23(18)20)13-5-3-2-4-6-13/h2-10H,11,20H2,1H3,(H,21,24). The Morgan fingerprint density at radius 2 is 2.04 bits per heavy atom. The molecule has 25 heavy (non-hydrogen) atoms. The number of hydrogen-bond donors (Lipinski definition) is 2. The predicted molar refractivity (Wildman–Crippen MR) is 103 cm³/mol. The number of nitrogen functional groups attached to an aromatic ring is 1. The van der Waals surface area contributed by atoms with Gasteiger partial charge in [-0.25, -0.2) is 9.66 Å². The summed E-state index contributed by atoms with van der Waals surface area (Å²) < 4.78 is 1.43. The number of nitrogens with one attached hydrogen (secondary N) is 1. The highest BCUT2D eigenvalue weighted by atomic mass is 35.5. The lowest BCUT2D eigenvalue weighted by atomic mass is 10.2. The fraction of sp³-hybridized carbons (Fsp3) is 0.111. The molecule has 0 aliphatic carbocycles. The van der Waals surface area contributed by atoms with Crippen molar-refractivity contribution in [2.75, 3.05) is 16.9 Å². The largest absolute Gasteiger partial charge is 0.337 e. The summed E-state index contributed by atoms with van der Waals surface area (Å²) in [5.74, 6) is 6.00. The molecule has 3 rings (SSSR count). The minimum absolute atomic E-state index is 0.144. The molecule has 0 radical (unpaired) electrons. The summed E-state index contributed by atoms with van der Waals surface area (Å²) in [5, 5.41) is 4.02. The van der Waals surface area contributed by atoms with Gasteiger partial charge in [0.1, 0.15) is 0 Å². The second kappa shape index (κ2) is 7.63. The number of anilines is 1. The lowest BCUT2D eigenvalue weighted by molar-refractivity contribution is -0.113. The van der Waals surface area contributed by atoms with Crippen molar-refractivity contribution in [3.63, 3.8) is 0 Å². The molecule has 3 aromatic rings. The van der Waals surface area contributed by atoms with Crippen LogP contribution in [0.25, 0.3) is 11.3 Å². The van der Waals surface area contributed by atoms with Crippen LogP contribution in [0.4, 0.5) is 5.69 Å². The van der Waals surface area contributed by atoms with E-state index in [1.807, 2.05) is 49.4 Å². The Labute approximate surface area is 155 Å². The molecule has 3 N–H and O–H groups in total. The first-order valence-corrected chi connectivity index (χ1v) is 8.98. The van der Waals surface area contributed by atoms with Gasteiger partial charge in [-0.15, -0.1) is 0 Å². The second-order valence-electron chi connectivity index (χ2n) is 5.48. The van der Waals surface area contributed by atoms with E-state index < -0.39 is 0 Å². The summed E-state index contributed by atoms with van der Waals surface area (Å²) >= 11 is 7.34. The molecule has 0 unspecified atom stereocenters. The van der Waals surface area contributed by atoms with Crippen molar-refractivity contribution in [1.29, 1.82) is 0 Å². The number of aromatic nitrogens is 2. The molecule has 0 spiro atoms. The topological polar surface area (TPSA) is 72.9 Å². The summed E-state index contributed by atoms with van der Waals surface area (Å²) in [7, 11) is 0. The molecular formula is C18H17ClN4OS. The monoisotopic (exact) mass is 372 g/mol. The zero-order valence-electron chi connectivity index (χ0n) is 13.6. The molecule has 1 heterocycles. The van der Waals surface area contributed by atoms with E-state index in [4.69, 9.17) is 17.4 Å². The zero-order valence-corrected chi connectivity index (χ0v) is 15.1. The number of thioether (sulfide) groups is 1. The molecule has 1 amide bonds. The third kappa shape index (κ3) is 4.35. The van der Waals surface area contributed by atoms with Crippen LogP contribution in [0.5, 0.6) is 0 Å². The van der Waals surface area contributed by atoms with Gasteiger partial charge in [-0.2, -0.15) is 0 Å². The number of carbonyl (C=O) groups excluding carboxylic acids is 1. The van der Waals surface area contributed by atoms with Crippen LogP contribution < -0.4 is 11.2 Å². The van der Waals surface area contributed by atoms with Gasteiger partial charge in [-0.05, 0) is 24.6 Å². The van der Waals surface area contributed by atoms with Crippen molar-refractivity contribution in [2.24, 2.45) is 0 Å². The predicted octanol–water partition coefficient (Wildman–Crippen LogP) is 3.96. The summed E-state index contributed by atoms with van der Waals surface area (Å²) in [6.45, 7) is 1.91. The zero-order chi connectivity index (χ0) is 17.8. The number of imidazole rings is 1. The summed E-state index contributed by atoms with van der Waals surface area (Å²) in [5.41, 5.74) is 3.39. The molecule has 2 aromatic carbocycles. The average Bonchev–Trinajstić information content (AvgIpc) is 2.98. The minimum Gasteiger partial charge on any atom is -0.337 e. The van der Waals surface area contributed by atoms with Gasteiger partial charge in [0.25, 0.3) is 0 Å². The molecule has 1 aromatic heterocycles. The molecule has 0 aliphatic heterocycles. The minimum atomic E-state index is -0.144. The van der Waals surface area contributed by atoms with Crippen molar-refractivity contribution >= 4 is 35.0 Å². The molecule has 0 aliphatic rings. The van der Waals surface area contributed by atoms with Crippen LogP contribution in [-0.2, 0) is 4.79 Å². The molecular weight excluding hydrogens is 356 g/mol. The Bertz CT molecular complexity index is 895. The Balaban J connectivity index is 1.62. The first-order valence-electron chi connectivity index (χ1n) is 7.61. The van der Waals surface area contributed by atoms with Gasteiger partial charge < -0.3 is 11.2 Å². The Morgan fingerprint density at radius 3 is 2.76 bits per heavy atom. The Morgan fingerprint density at radius 1 is 1.28 bits per heavy atom. The maximum Gasteiger partial charge on any atom is 0.234 e. The van der Waals surface area contributed by atoms with Crippen LogP contribution in [0.15, 0.2) is 59.9 Å². The van der Waals surface area contributed by atoms with Gasteiger partial charge in [0.15, 0.2) is 5.16 Å². The average molecular weight is 373 g/mol. The number of hydrogen-bond acceptors (Lipinski definition) is 4. The molecule has 7 heteroatoms. The van der Waals surface area contributed by atoms with Crippen molar-refractivity contribution < 1.29 is 4.79 Å². The Hall–Kier alpha value is -2.44. The van der Waals surface area contributed by atoms with Crippen LogP contribution in [0.1, 0.15) is 5.56 Å². The first kappa shape index (κ1) is 17.4. The maximum absolute atomic E-state index is 12.1. The van der Waals surface area contributed by atoms with Crippen LogP contribution in [0.3, 0.4) is 0 Å². The number of nitrogens with zero attached hydrogens (tertiary/aromatic N) is 2. The van der Waals surface area contributed by atoms with Crippen LogP contribution in [0.2, 0.25) is 5.02 Å². The lowest BCUT2D eigenvalue weighted by Gasteiger charge is -2.06. The Kier molecular flexibility index (Phi) is 5.31. The molecule has 0 saturated carbocycles. The molecule has 0 atom stereocenters. The number of halogens is 1. The van der Waals surface area contributed by atoms with E-state index in [-0.39, 0.29) is 11.7 Å². The van der Waals surface area contributed by atoms with Crippen LogP contribution in [0, 0.1) is 6.92 Å². The van der Waals surface area contributed by atoms with Crippen LogP contribution >= 0.6 is 23.4 Å². The number of carbonyl (C=O) groups is 1. The van der Waals surface area contributed by atoms with Gasteiger partial charge in [0, 0.05) is 16.3 Å². The number of benzene rings is 2. The smallest absolute Gasteiger partial charge is 0.234 e. The normalized spacial score (nSPS) is 10.6. The third-order valence-electron chi connectivity index (χ3n) is 3.56. The van der Waals surface area contributed by atoms with E-state index in [1.165, 1.54) is 16.4 Å². The number of amides is 1. The molecule has 5 nitrogen and oxygen atoms in total. The van der Waals surface area contributed by atoms with Gasteiger partial charge in [0.2, 0.25) is 5.91 Å². The van der Waals surface area contributed by atoms with Gasteiger partial charge in [0.05, 0.1) is 17.6 Å². The lowest BCUT2D eigenvalue weighted by Crippen LogP contribution is -2.15. The van der Waals surface area contributed by atoms with Crippen LogP contribution in [-0.4, -0.2) is 21.3 Å². The number of aryl methyl sites for hydroxylation is 1. The van der Waals surface area contributed by atoms with Crippen molar-refractivity contribution in [2.45, 2.75) is 12.1 Å². The second-order valence-corrected chi connectivity index (χ2v) is 6.83. The number of rotatable bonds is 5. The molecule has 0 fully saturated rings. The van der Waals surface area contributed by atoms with E-state index in [0.29, 0.717) is 15.9 Å². The first-order chi connectivity index (χ1) is 12.0. The highest BCUT2D eigenvalue weighted by molar-refractivity contribution is 7.99. The van der Waals surface area contributed by atoms with E-state index in [1.54, 1.807) is 12.3 Å². The summed E-state index contributed by atoms with van der Waals surface area (Å²) in [6.07, 6.45) is 1.75. The highest BCUT2D eigenvalue weighted by Crippen LogP contribution is 2.23. The number of nitrogens with two attached hydrogens (primary N) is 1. The van der Waals surface area contributed by atoms with E-state index in [9.17, 15) is 4.79 Å².